The van der Waals surface area contributed by atoms with Crippen molar-refractivity contribution < 1.29 is 19.6 Å². The van der Waals surface area contributed by atoms with Gasteiger partial charge in [0.25, 0.3) is 11.2 Å². The zero-order valence-corrected chi connectivity index (χ0v) is 15.7. The lowest BCUT2D eigenvalue weighted by Gasteiger charge is -2.33. The summed E-state index contributed by atoms with van der Waals surface area (Å²) in [5.41, 5.74) is 0.824. The van der Waals surface area contributed by atoms with Gasteiger partial charge in [-0.2, -0.15) is 0 Å². The molecule has 2 N–H and O–H groups in total. The maximum Gasteiger partial charge on any atom is 0.343 e. The Morgan fingerprint density at radius 1 is 1.38 bits per heavy atom. The van der Waals surface area contributed by atoms with Gasteiger partial charge in [-0.25, -0.2) is 4.79 Å². The predicted molar refractivity (Wildman–Crippen MR) is 101 cm³/mol. The van der Waals surface area contributed by atoms with Gasteiger partial charge in [0.1, 0.15) is 6.61 Å². The maximum atomic E-state index is 13.1. The van der Waals surface area contributed by atoms with E-state index in [9.17, 15) is 24.8 Å². The van der Waals surface area contributed by atoms with Gasteiger partial charge < -0.3 is 19.7 Å². The molecule has 0 aliphatic carbocycles. The van der Waals surface area contributed by atoms with Gasteiger partial charge in [0.2, 0.25) is 0 Å². The number of carbonyl (C=O) groups excluding carboxylic acids is 1. The number of esters is 1. The van der Waals surface area contributed by atoms with Crippen LogP contribution in [0.2, 0.25) is 0 Å². The van der Waals surface area contributed by atoms with E-state index in [0.717, 1.165) is 5.56 Å². The number of hydrogen-bond acceptors (Lipinski definition) is 7. The SMILES string of the molecule is CC[C@@]1(O)C(=O)OCc2c1cc1n(c2=O)CC2Cc3ccc([N+](=O)[O-])cc3NC12. The number of non-ortho nitro benzene ring substituents is 1. The van der Waals surface area contributed by atoms with Crippen molar-refractivity contribution in [3.05, 3.63) is 67.1 Å². The minimum atomic E-state index is -1.84. The van der Waals surface area contributed by atoms with E-state index < -0.39 is 16.5 Å². The molecule has 9 nitrogen and oxygen atoms in total. The molecule has 0 saturated carbocycles. The molecule has 0 radical (unpaired) electrons. The molecule has 150 valence electrons. The van der Waals surface area contributed by atoms with Crippen molar-refractivity contribution in [1.82, 2.24) is 4.57 Å². The van der Waals surface area contributed by atoms with E-state index in [0.29, 0.717) is 35.5 Å². The summed E-state index contributed by atoms with van der Waals surface area (Å²) in [7, 11) is 0. The topological polar surface area (TPSA) is 124 Å². The van der Waals surface area contributed by atoms with E-state index in [1.807, 2.05) is 0 Å². The summed E-state index contributed by atoms with van der Waals surface area (Å²) in [6.07, 6.45) is 0.766. The van der Waals surface area contributed by atoms with Gasteiger partial charge in [-0.1, -0.05) is 13.0 Å². The number of rotatable bonds is 2. The molecule has 0 amide bonds. The van der Waals surface area contributed by atoms with Crippen molar-refractivity contribution in [2.45, 2.75) is 44.6 Å². The number of nitrogens with one attached hydrogen (secondary N) is 1. The van der Waals surface area contributed by atoms with Crippen LogP contribution in [0.3, 0.4) is 0 Å². The Balaban J connectivity index is 1.63. The third kappa shape index (κ3) is 2.37. The summed E-state index contributed by atoms with van der Waals surface area (Å²) in [6.45, 7) is 2.01. The number of benzene rings is 1. The lowest BCUT2D eigenvalue weighted by molar-refractivity contribution is -0.384. The van der Waals surface area contributed by atoms with Gasteiger partial charge in [0.05, 0.1) is 16.5 Å². The standard InChI is InChI=1S/C20H19N3O6/c1-2-20(26)14-7-16-17-11(8-22(16)18(24)13(14)9-29-19(20)25)5-10-3-4-12(23(27)28)6-15(10)21-17/h3-4,6-7,11,17,21,26H,2,5,8-9H2,1H3/t11?,17?,20-/m0/s1. The molecule has 3 aliphatic rings. The summed E-state index contributed by atoms with van der Waals surface area (Å²) >= 11 is 0. The second-order valence-corrected chi connectivity index (χ2v) is 7.85. The van der Waals surface area contributed by atoms with Crippen molar-refractivity contribution in [3.63, 3.8) is 0 Å². The highest BCUT2D eigenvalue weighted by molar-refractivity contribution is 5.83. The minimum Gasteiger partial charge on any atom is -0.458 e. The molecular weight excluding hydrogens is 378 g/mol. The van der Waals surface area contributed by atoms with Crippen LogP contribution >= 0.6 is 0 Å². The Hall–Kier alpha value is -3.20. The third-order valence-corrected chi connectivity index (χ3v) is 6.38. The summed E-state index contributed by atoms with van der Waals surface area (Å²) in [5.74, 6) is -0.657. The first-order valence-electron chi connectivity index (χ1n) is 9.54. The molecule has 9 heteroatoms. The quantitative estimate of drug-likeness (QED) is 0.449. The van der Waals surface area contributed by atoms with Crippen LogP contribution in [0, 0.1) is 16.0 Å². The van der Waals surface area contributed by atoms with E-state index in [1.165, 1.54) is 12.1 Å². The summed E-state index contributed by atoms with van der Waals surface area (Å²) in [6, 6.07) is 6.22. The molecule has 2 unspecified atom stereocenters. The Kier molecular flexibility index (Phi) is 3.63. The Morgan fingerprint density at radius 3 is 2.90 bits per heavy atom. The van der Waals surface area contributed by atoms with Crippen molar-refractivity contribution in [2.75, 3.05) is 5.32 Å². The Labute approximate surface area is 165 Å². The number of carbonyl (C=O) groups is 1. The lowest BCUT2D eigenvalue weighted by Crippen LogP contribution is -2.44. The van der Waals surface area contributed by atoms with Crippen LogP contribution in [0.25, 0.3) is 0 Å². The van der Waals surface area contributed by atoms with Crippen molar-refractivity contribution >= 4 is 17.3 Å². The predicted octanol–water partition coefficient (Wildman–Crippen LogP) is 1.75. The van der Waals surface area contributed by atoms with Gasteiger partial charge in [-0.15, -0.1) is 0 Å². The monoisotopic (exact) mass is 397 g/mol. The van der Waals surface area contributed by atoms with E-state index >= 15 is 0 Å². The highest BCUT2D eigenvalue weighted by Crippen LogP contribution is 2.44. The average Bonchev–Trinajstić information content (AvgIpc) is 3.07. The van der Waals surface area contributed by atoms with Gasteiger partial charge >= 0.3 is 5.97 Å². The molecule has 4 heterocycles. The van der Waals surface area contributed by atoms with Crippen LogP contribution in [0.15, 0.2) is 29.1 Å². The minimum absolute atomic E-state index is 0.00127. The first-order valence-corrected chi connectivity index (χ1v) is 9.54. The lowest BCUT2D eigenvalue weighted by atomic mass is 9.84. The first-order chi connectivity index (χ1) is 13.8. The fourth-order valence-electron chi connectivity index (χ4n) is 4.76. The van der Waals surface area contributed by atoms with Gasteiger partial charge in [0, 0.05) is 41.5 Å². The third-order valence-electron chi connectivity index (χ3n) is 6.38. The number of nitrogens with zero attached hydrogens (tertiary/aromatic N) is 2. The highest BCUT2D eigenvalue weighted by atomic mass is 16.6. The van der Waals surface area contributed by atoms with E-state index in [-0.39, 0.29) is 36.2 Å². The number of nitro benzene ring substituents is 1. The number of nitro groups is 1. The zero-order chi connectivity index (χ0) is 20.5. The molecule has 0 spiro atoms. The molecule has 3 atom stereocenters. The number of cyclic esters (lactones) is 1. The van der Waals surface area contributed by atoms with Crippen molar-refractivity contribution in [2.24, 2.45) is 5.92 Å². The number of ether oxygens (including phenoxy) is 1. The molecule has 2 aromatic rings. The smallest absolute Gasteiger partial charge is 0.343 e. The number of aliphatic hydroxyl groups is 1. The molecule has 29 heavy (non-hydrogen) atoms. The second-order valence-electron chi connectivity index (χ2n) is 7.85. The van der Waals surface area contributed by atoms with E-state index in [4.69, 9.17) is 4.74 Å². The van der Waals surface area contributed by atoms with Crippen LogP contribution in [0.5, 0.6) is 0 Å². The Bertz CT molecular complexity index is 1140. The second kappa shape index (κ2) is 5.90. The normalized spacial score (nSPS) is 26.5. The van der Waals surface area contributed by atoms with Crippen LogP contribution in [-0.2, 0) is 34.7 Å². The molecule has 3 aliphatic heterocycles. The molecule has 0 bridgehead atoms. The van der Waals surface area contributed by atoms with Crippen LogP contribution in [0.1, 0.15) is 41.8 Å². The van der Waals surface area contributed by atoms with E-state index in [2.05, 4.69) is 5.32 Å². The molecular formula is C20H19N3O6. The average molecular weight is 397 g/mol. The molecule has 5 rings (SSSR count). The molecule has 0 fully saturated rings. The maximum absolute atomic E-state index is 13.1. The fourth-order valence-corrected chi connectivity index (χ4v) is 4.76. The number of fused-ring (bicyclic) bond motifs is 5. The van der Waals surface area contributed by atoms with Crippen LogP contribution in [0.4, 0.5) is 11.4 Å². The summed E-state index contributed by atoms with van der Waals surface area (Å²) in [5, 5.41) is 25.3. The van der Waals surface area contributed by atoms with Gasteiger partial charge in [-0.3, -0.25) is 14.9 Å². The molecule has 1 aromatic heterocycles. The largest absolute Gasteiger partial charge is 0.458 e. The summed E-state index contributed by atoms with van der Waals surface area (Å²) < 4.78 is 6.74. The Morgan fingerprint density at radius 2 is 2.17 bits per heavy atom. The number of pyridine rings is 1. The number of hydrogen-bond donors (Lipinski definition) is 2. The van der Waals surface area contributed by atoms with Crippen molar-refractivity contribution in [3.8, 4) is 0 Å². The fraction of sp³-hybridized carbons (Fsp3) is 0.400. The molecule has 1 aromatic carbocycles. The number of aromatic nitrogens is 1. The van der Waals surface area contributed by atoms with Crippen LogP contribution < -0.4 is 10.9 Å². The summed E-state index contributed by atoms with van der Waals surface area (Å²) in [4.78, 5) is 36.0. The van der Waals surface area contributed by atoms with E-state index in [1.54, 1.807) is 23.6 Å². The first kappa shape index (κ1) is 17.9. The van der Waals surface area contributed by atoms with Crippen LogP contribution in [-0.4, -0.2) is 20.6 Å². The van der Waals surface area contributed by atoms with Gasteiger partial charge in [-0.05, 0) is 24.5 Å². The van der Waals surface area contributed by atoms with Crippen molar-refractivity contribution in [1.29, 1.82) is 0 Å². The van der Waals surface area contributed by atoms with Gasteiger partial charge in [0.15, 0.2) is 5.60 Å². The molecule has 0 saturated heterocycles. The highest BCUT2D eigenvalue weighted by Gasteiger charge is 2.47. The zero-order valence-electron chi connectivity index (χ0n) is 15.7. The number of anilines is 1.